The first-order valence-corrected chi connectivity index (χ1v) is 6.26. The monoisotopic (exact) mass is 255 g/mol. The first-order valence-electron chi connectivity index (χ1n) is 6.26. The summed E-state index contributed by atoms with van der Waals surface area (Å²) < 4.78 is 40.0. The first kappa shape index (κ1) is 16.7. The predicted octanol–water partition coefficient (Wildman–Crippen LogP) is 3.64. The van der Waals surface area contributed by atoms with Crippen molar-refractivity contribution >= 4 is 0 Å². The lowest BCUT2D eigenvalue weighted by Gasteiger charge is -2.28. The van der Waals surface area contributed by atoms with Crippen molar-refractivity contribution in [1.29, 1.82) is 0 Å². The van der Waals surface area contributed by atoms with Gasteiger partial charge in [0.05, 0.1) is 0 Å². The lowest BCUT2D eigenvalue weighted by molar-refractivity contribution is -0.174. The number of halogens is 3. The van der Waals surface area contributed by atoms with E-state index in [2.05, 4.69) is 11.7 Å². The molecule has 0 rings (SSSR count). The lowest BCUT2D eigenvalue weighted by atomic mass is 9.86. The Morgan fingerprint density at radius 3 is 2.12 bits per heavy atom. The van der Waals surface area contributed by atoms with Gasteiger partial charge in [0.1, 0.15) is 6.61 Å². The minimum atomic E-state index is -4.23. The predicted molar refractivity (Wildman–Crippen MR) is 62.8 cm³/mol. The topological polar surface area (TPSA) is 35.2 Å². The van der Waals surface area contributed by atoms with Crippen LogP contribution in [-0.2, 0) is 4.74 Å². The van der Waals surface area contributed by atoms with Gasteiger partial charge < -0.3 is 10.5 Å². The Morgan fingerprint density at radius 2 is 1.65 bits per heavy atom. The molecule has 0 aromatic carbocycles. The Labute approximate surface area is 102 Å². The van der Waals surface area contributed by atoms with Crippen LogP contribution < -0.4 is 5.73 Å². The molecule has 17 heavy (non-hydrogen) atoms. The van der Waals surface area contributed by atoms with E-state index in [1.807, 2.05) is 6.92 Å². The van der Waals surface area contributed by atoms with Crippen molar-refractivity contribution in [1.82, 2.24) is 0 Å². The van der Waals surface area contributed by atoms with Gasteiger partial charge in [0.15, 0.2) is 0 Å². The standard InChI is InChI=1S/C12H24F3NO/c1-3-5-7-11(16,4-2)8-6-9-17-10-12(13,14)15/h3-10,16H2,1-2H3. The Morgan fingerprint density at radius 1 is 1.06 bits per heavy atom. The molecule has 0 aromatic rings. The van der Waals surface area contributed by atoms with Gasteiger partial charge in [-0.25, -0.2) is 0 Å². The van der Waals surface area contributed by atoms with Crippen molar-refractivity contribution in [2.75, 3.05) is 13.2 Å². The fourth-order valence-corrected chi connectivity index (χ4v) is 1.72. The van der Waals surface area contributed by atoms with Crippen LogP contribution >= 0.6 is 0 Å². The van der Waals surface area contributed by atoms with Gasteiger partial charge in [-0.2, -0.15) is 13.2 Å². The highest BCUT2D eigenvalue weighted by Crippen LogP contribution is 2.21. The second-order valence-electron chi connectivity index (χ2n) is 4.59. The van der Waals surface area contributed by atoms with Crippen LogP contribution in [-0.4, -0.2) is 24.9 Å². The van der Waals surface area contributed by atoms with Crippen LogP contribution in [0.4, 0.5) is 13.2 Å². The second kappa shape index (κ2) is 7.93. The van der Waals surface area contributed by atoms with Crippen LogP contribution in [0.3, 0.4) is 0 Å². The summed E-state index contributed by atoms with van der Waals surface area (Å²) in [6.07, 6.45) is 1.01. The van der Waals surface area contributed by atoms with E-state index >= 15 is 0 Å². The fraction of sp³-hybridized carbons (Fsp3) is 1.00. The van der Waals surface area contributed by atoms with Crippen molar-refractivity contribution in [3.8, 4) is 0 Å². The average molecular weight is 255 g/mol. The number of hydrogen-bond acceptors (Lipinski definition) is 2. The van der Waals surface area contributed by atoms with E-state index in [1.165, 1.54) is 0 Å². The molecule has 104 valence electrons. The Kier molecular flexibility index (Phi) is 7.79. The summed E-state index contributed by atoms with van der Waals surface area (Å²) in [4.78, 5) is 0. The van der Waals surface area contributed by atoms with Crippen molar-refractivity contribution in [2.45, 2.75) is 64.1 Å². The molecule has 0 radical (unpaired) electrons. The molecule has 0 bridgehead atoms. The van der Waals surface area contributed by atoms with Gasteiger partial charge >= 0.3 is 6.18 Å². The van der Waals surface area contributed by atoms with E-state index in [0.717, 1.165) is 32.1 Å². The molecule has 2 N–H and O–H groups in total. The van der Waals surface area contributed by atoms with Gasteiger partial charge in [-0.05, 0) is 25.7 Å². The lowest BCUT2D eigenvalue weighted by Crippen LogP contribution is -2.39. The maximum atomic E-state index is 11.8. The van der Waals surface area contributed by atoms with Gasteiger partial charge in [-0.1, -0.05) is 26.7 Å². The van der Waals surface area contributed by atoms with Gasteiger partial charge in [0.2, 0.25) is 0 Å². The maximum Gasteiger partial charge on any atom is 0.411 e. The molecule has 0 fully saturated rings. The Bertz CT molecular complexity index is 197. The van der Waals surface area contributed by atoms with E-state index in [9.17, 15) is 13.2 Å². The van der Waals surface area contributed by atoms with Gasteiger partial charge in [-0.15, -0.1) is 0 Å². The molecule has 0 aliphatic rings. The molecule has 0 saturated carbocycles. The molecule has 5 heteroatoms. The van der Waals surface area contributed by atoms with Gasteiger partial charge in [0, 0.05) is 12.1 Å². The summed E-state index contributed by atoms with van der Waals surface area (Å²) in [5.41, 5.74) is 5.94. The van der Waals surface area contributed by atoms with Crippen LogP contribution in [0.25, 0.3) is 0 Å². The number of rotatable bonds is 9. The highest BCUT2D eigenvalue weighted by Gasteiger charge is 2.27. The molecule has 0 amide bonds. The fourth-order valence-electron chi connectivity index (χ4n) is 1.72. The molecule has 0 aromatic heterocycles. The van der Waals surface area contributed by atoms with Gasteiger partial charge in [-0.3, -0.25) is 0 Å². The SMILES string of the molecule is CCCCC(N)(CC)CCCOCC(F)(F)F. The van der Waals surface area contributed by atoms with Crippen LogP contribution in [0.5, 0.6) is 0 Å². The number of hydrogen-bond donors (Lipinski definition) is 1. The van der Waals surface area contributed by atoms with E-state index < -0.39 is 12.8 Å². The van der Waals surface area contributed by atoms with E-state index in [1.54, 1.807) is 0 Å². The smallest absolute Gasteiger partial charge is 0.372 e. The minimum Gasteiger partial charge on any atom is -0.372 e. The zero-order valence-corrected chi connectivity index (χ0v) is 10.8. The average Bonchev–Trinajstić information content (AvgIpc) is 2.24. The molecule has 0 saturated heterocycles. The zero-order chi connectivity index (χ0) is 13.4. The minimum absolute atomic E-state index is 0.130. The van der Waals surface area contributed by atoms with Crippen molar-refractivity contribution in [3.05, 3.63) is 0 Å². The van der Waals surface area contributed by atoms with Crippen LogP contribution in [0.15, 0.2) is 0 Å². The molecular formula is C12H24F3NO. The second-order valence-corrected chi connectivity index (χ2v) is 4.59. The maximum absolute atomic E-state index is 11.8. The zero-order valence-electron chi connectivity index (χ0n) is 10.8. The van der Waals surface area contributed by atoms with Crippen molar-refractivity contribution in [3.63, 3.8) is 0 Å². The number of unbranched alkanes of at least 4 members (excludes halogenated alkanes) is 1. The van der Waals surface area contributed by atoms with Crippen molar-refractivity contribution in [2.24, 2.45) is 5.73 Å². The third kappa shape index (κ3) is 9.41. The molecule has 1 unspecified atom stereocenters. The molecule has 0 spiro atoms. The summed E-state index contributed by atoms with van der Waals surface area (Å²) in [6.45, 7) is 3.09. The van der Waals surface area contributed by atoms with E-state index in [-0.39, 0.29) is 12.1 Å². The highest BCUT2D eigenvalue weighted by atomic mass is 19.4. The van der Waals surface area contributed by atoms with Crippen LogP contribution in [0.2, 0.25) is 0 Å². The first-order chi connectivity index (χ1) is 7.83. The van der Waals surface area contributed by atoms with Crippen LogP contribution in [0, 0.1) is 0 Å². The summed E-state index contributed by atoms with van der Waals surface area (Å²) in [5, 5.41) is 0. The number of alkyl halides is 3. The van der Waals surface area contributed by atoms with E-state index in [0.29, 0.717) is 6.42 Å². The quantitative estimate of drug-likeness (QED) is 0.638. The van der Waals surface area contributed by atoms with Crippen molar-refractivity contribution < 1.29 is 17.9 Å². The van der Waals surface area contributed by atoms with Crippen LogP contribution in [0.1, 0.15) is 52.4 Å². The summed E-state index contributed by atoms with van der Waals surface area (Å²) in [5.74, 6) is 0. The Balaban J connectivity index is 3.69. The third-order valence-corrected chi connectivity index (χ3v) is 2.96. The largest absolute Gasteiger partial charge is 0.411 e. The highest BCUT2D eigenvalue weighted by molar-refractivity contribution is 4.82. The normalized spacial score (nSPS) is 15.9. The number of nitrogens with two attached hydrogens (primary N) is 1. The van der Waals surface area contributed by atoms with Gasteiger partial charge in [0.25, 0.3) is 0 Å². The number of ether oxygens (including phenoxy) is 1. The molecule has 1 atom stereocenters. The Hall–Kier alpha value is -0.290. The molecule has 0 aliphatic heterocycles. The molecule has 0 heterocycles. The van der Waals surface area contributed by atoms with E-state index in [4.69, 9.17) is 5.73 Å². The third-order valence-electron chi connectivity index (χ3n) is 2.96. The summed E-state index contributed by atoms with van der Waals surface area (Å²) >= 11 is 0. The molecular weight excluding hydrogens is 231 g/mol. The summed E-state index contributed by atoms with van der Waals surface area (Å²) in [7, 11) is 0. The summed E-state index contributed by atoms with van der Waals surface area (Å²) in [6, 6.07) is 0. The molecule has 0 aliphatic carbocycles. The molecule has 2 nitrogen and oxygen atoms in total.